The minimum Gasteiger partial charge on any atom is -0.496 e. The Hall–Kier alpha value is -1.95. The molecule has 1 aliphatic heterocycles. The number of rotatable bonds is 6. The molecule has 1 fully saturated rings. The van der Waals surface area contributed by atoms with Crippen LogP contribution >= 0.6 is 0 Å². The zero-order chi connectivity index (χ0) is 15.4. The van der Waals surface area contributed by atoms with Gasteiger partial charge < -0.3 is 25.2 Å². The fourth-order valence-electron chi connectivity index (χ4n) is 2.74. The molecule has 1 unspecified atom stereocenters. The molecule has 0 aliphatic carbocycles. The largest absolute Gasteiger partial charge is 0.496 e. The molecule has 1 aromatic carbocycles. The van der Waals surface area contributed by atoms with Crippen LogP contribution in [0.4, 0.5) is 5.69 Å². The van der Waals surface area contributed by atoms with E-state index < -0.39 is 11.9 Å². The maximum atomic E-state index is 11.4. The summed E-state index contributed by atoms with van der Waals surface area (Å²) in [5.74, 6) is -0.573. The van der Waals surface area contributed by atoms with Gasteiger partial charge in [-0.15, -0.1) is 0 Å². The van der Waals surface area contributed by atoms with Crippen LogP contribution in [0.3, 0.4) is 0 Å². The van der Waals surface area contributed by atoms with E-state index in [2.05, 4.69) is 4.90 Å². The molecule has 3 N–H and O–H groups in total. The molecule has 0 amide bonds. The van der Waals surface area contributed by atoms with Gasteiger partial charge in [-0.2, -0.15) is 0 Å². The van der Waals surface area contributed by atoms with Gasteiger partial charge in [0, 0.05) is 31.3 Å². The summed E-state index contributed by atoms with van der Waals surface area (Å²) >= 11 is 0. The smallest absolute Gasteiger partial charge is 0.312 e. The third kappa shape index (κ3) is 3.05. The van der Waals surface area contributed by atoms with E-state index in [-0.39, 0.29) is 6.54 Å². The van der Waals surface area contributed by atoms with Gasteiger partial charge in [-0.3, -0.25) is 4.79 Å². The number of nitrogens with zero attached hydrogens (tertiary/aromatic N) is 1. The summed E-state index contributed by atoms with van der Waals surface area (Å²) in [7, 11) is 3.12. The van der Waals surface area contributed by atoms with Crippen molar-refractivity contribution in [2.24, 2.45) is 5.73 Å². The van der Waals surface area contributed by atoms with Gasteiger partial charge >= 0.3 is 5.97 Å². The molecule has 6 heteroatoms. The number of aliphatic carboxylic acids is 1. The van der Waals surface area contributed by atoms with Crippen molar-refractivity contribution in [3.63, 3.8) is 0 Å². The SMILES string of the molecule is COc1cc(N2CCCC2)c(OC)cc1C(CN)C(=O)O. The number of nitrogens with two attached hydrogens (primary N) is 1. The van der Waals surface area contributed by atoms with Gasteiger partial charge in [-0.25, -0.2) is 0 Å². The van der Waals surface area contributed by atoms with E-state index in [0.717, 1.165) is 31.6 Å². The van der Waals surface area contributed by atoms with Crippen molar-refractivity contribution in [1.82, 2.24) is 0 Å². The quantitative estimate of drug-likeness (QED) is 0.825. The first kappa shape index (κ1) is 15.4. The van der Waals surface area contributed by atoms with E-state index in [0.29, 0.717) is 17.1 Å². The van der Waals surface area contributed by atoms with Gasteiger partial charge in [0.2, 0.25) is 0 Å². The number of methoxy groups -OCH3 is 2. The summed E-state index contributed by atoms with van der Waals surface area (Å²) in [6.45, 7) is 1.95. The van der Waals surface area contributed by atoms with Gasteiger partial charge in [0.1, 0.15) is 11.5 Å². The second-order valence-electron chi connectivity index (χ2n) is 5.09. The maximum absolute atomic E-state index is 11.4. The lowest BCUT2D eigenvalue weighted by atomic mass is 9.97. The van der Waals surface area contributed by atoms with Gasteiger partial charge in [-0.1, -0.05) is 0 Å². The highest BCUT2D eigenvalue weighted by atomic mass is 16.5. The average molecular weight is 294 g/mol. The molecular weight excluding hydrogens is 272 g/mol. The molecule has 21 heavy (non-hydrogen) atoms. The first-order chi connectivity index (χ1) is 10.1. The van der Waals surface area contributed by atoms with Crippen molar-refractivity contribution in [2.75, 3.05) is 38.8 Å². The van der Waals surface area contributed by atoms with Crippen LogP contribution in [-0.2, 0) is 4.79 Å². The van der Waals surface area contributed by atoms with Gasteiger partial charge in [0.15, 0.2) is 0 Å². The summed E-state index contributed by atoms with van der Waals surface area (Å²) in [5.41, 5.74) is 7.08. The highest BCUT2D eigenvalue weighted by Gasteiger charge is 2.26. The number of carbonyl (C=O) groups is 1. The molecule has 1 heterocycles. The third-order valence-electron chi connectivity index (χ3n) is 3.89. The van der Waals surface area contributed by atoms with Gasteiger partial charge in [-0.05, 0) is 18.9 Å². The summed E-state index contributed by atoms with van der Waals surface area (Å²) in [6.07, 6.45) is 2.29. The fourth-order valence-corrected chi connectivity index (χ4v) is 2.74. The van der Waals surface area contributed by atoms with Crippen molar-refractivity contribution in [2.45, 2.75) is 18.8 Å². The summed E-state index contributed by atoms with van der Waals surface area (Å²) in [4.78, 5) is 13.6. The lowest BCUT2D eigenvalue weighted by Crippen LogP contribution is -2.23. The van der Waals surface area contributed by atoms with Gasteiger partial charge in [0.05, 0.1) is 25.8 Å². The Balaban J connectivity index is 2.49. The molecule has 1 atom stereocenters. The Labute approximate surface area is 124 Å². The van der Waals surface area contributed by atoms with Crippen LogP contribution < -0.4 is 20.1 Å². The fraction of sp³-hybridized carbons (Fsp3) is 0.533. The Morgan fingerprint density at radius 1 is 1.29 bits per heavy atom. The molecule has 0 radical (unpaired) electrons. The van der Waals surface area contributed by atoms with Crippen LogP contribution in [0.25, 0.3) is 0 Å². The Bertz CT molecular complexity index is 513. The molecular formula is C15H22N2O4. The first-order valence-electron chi connectivity index (χ1n) is 7.06. The molecule has 1 saturated heterocycles. The van der Waals surface area contributed by atoms with Crippen LogP contribution in [0.1, 0.15) is 24.3 Å². The van der Waals surface area contributed by atoms with E-state index in [1.54, 1.807) is 13.2 Å². The van der Waals surface area contributed by atoms with Crippen LogP contribution in [0.2, 0.25) is 0 Å². The van der Waals surface area contributed by atoms with Crippen molar-refractivity contribution in [1.29, 1.82) is 0 Å². The predicted octanol–water partition coefficient (Wildman–Crippen LogP) is 1.43. The van der Waals surface area contributed by atoms with E-state index in [4.69, 9.17) is 15.2 Å². The molecule has 0 aromatic heterocycles. The predicted molar refractivity (Wildman–Crippen MR) is 80.4 cm³/mol. The summed E-state index contributed by atoms with van der Waals surface area (Å²) in [6, 6.07) is 3.59. The first-order valence-corrected chi connectivity index (χ1v) is 7.06. The number of benzene rings is 1. The molecule has 1 aromatic rings. The number of carboxylic acid groups (broad SMARTS) is 1. The molecule has 0 bridgehead atoms. The molecule has 116 valence electrons. The minimum atomic E-state index is -0.966. The Kier molecular flexibility index (Phi) is 4.90. The normalized spacial score (nSPS) is 15.9. The van der Waals surface area contributed by atoms with Crippen LogP contribution in [-0.4, -0.2) is 44.9 Å². The third-order valence-corrected chi connectivity index (χ3v) is 3.89. The number of ether oxygens (including phenoxy) is 2. The summed E-state index contributed by atoms with van der Waals surface area (Å²) in [5, 5.41) is 9.30. The highest BCUT2D eigenvalue weighted by Crippen LogP contribution is 2.39. The highest BCUT2D eigenvalue weighted by molar-refractivity contribution is 5.79. The van der Waals surface area contributed by atoms with Crippen molar-refractivity contribution >= 4 is 11.7 Å². The van der Waals surface area contributed by atoms with E-state index in [1.165, 1.54) is 7.11 Å². The van der Waals surface area contributed by atoms with Crippen molar-refractivity contribution in [3.05, 3.63) is 17.7 Å². The molecule has 1 aliphatic rings. The van der Waals surface area contributed by atoms with Crippen LogP contribution in [0, 0.1) is 0 Å². The number of hydrogen-bond donors (Lipinski definition) is 2. The minimum absolute atomic E-state index is 0.0118. The zero-order valence-electron chi connectivity index (χ0n) is 12.5. The second kappa shape index (κ2) is 6.67. The molecule has 2 rings (SSSR count). The summed E-state index contributed by atoms with van der Waals surface area (Å²) < 4.78 is 10.8. The van der Waals surface area contributed by atoms with E-state index in [9.17, 15) is 9.90 Å². The zero-order valence-corrected chi connectivity index (χ0v) is 12.5. The molecule has 0 spiro atoms. The molecule has 6 nitrogen and oxygen atoms in total. The monoisotopic (exact) mass is 294 g/mol. The van der Waals surface area contributed by atoms with Crippen molar-refractivity contribution in [3.8, 4) is 11.5 Å². The van der Waals surface area contributed by atoms with E-state index in [1.807, 2.05) is 6.07 Å². The second-order valence-corrected chi connectivity index (χ2v) is 5.09. The van der Waals surface area contributed by atoms with Gasteiger partial charge in [0.25, 0.3) is 0 Å². The Morgan fingerprint density at radius 2 is 1.90 bits per heavy atom. The molecule has 0 saturated carbocycles. The van der Waals surface area contributed by atoms with Crippen molar-refractivity contribution < 1.29 is 19.4 Å². The number of carboxylic acids is 1. The Morgan fingerprint density at radius 3 is 2.38 bits per heavy atom. The topological polar surface area (TPSA) is 85.0 Å². The lowest BCUT2D eigenvalue weighted by molar-refractivity contribution is -0.138. The lowest BCUT2D eigenvalue weighted by Gasteiger charge is -2.24. The number of anilines is 1. The van der Waals surface area contributed by atoms with E-state index >= 15 is 0 Å². The maximum Gasteiger partial charge on any atom is 0.312 e. The van der Waals surface area contributed by atoms with Crippen LogP contribution in [0.5, 0.6) is 11.5 Å². The van der Waals surface area contributed by atoms with Crippen LogP contribution in [0.15, 0.2) is 12.1 Å². The standard InChI is InChI=1S/C15H22N2O4/c1-20-13-8-12(17-5-3-4-6-17)14(21-2)7-10(13)11(9-16)15(18)19/h7-8,11H,3-6,9,16H2,1-2H3,(H,18,19). The number of hydrogen-bond acceptors (Lipinski definition) is 5. The average Bonchev–Trinajstić information content (AvgIpc) is 3.01.